The number of fused-ring (bicyclic) bond motifs is 5. The lowest BCUT2D eigenvalue weighted by atomic mass is 9.77. The minimum atomic E-state index is 0.326. The Hall–Kier alpha value is -1.08. The van der Waals surface area contributed by atoms with Gasteiger partial charge in [0, 0.05) is 9.89 Å². The predicted molar refractivity (Wildman–Crippen MR) is 78.8 cm³/mol. The maximum Gasteiger partial charge on any atom is 0.0215 e. The van der Waals surface area contributed by atoms with E-state index >= 15 is 0 Å². The van der Waals surface area contributed by atoms with Gasteiger partial charge in [0.25, 0.3) is 0 Å². The minimum Gasteiger partial charge on any atom is -0.0619 e. The summed E-state index contributed by atoms with van der Waals surface area (Å²) in [5.74, 6) is 0. The third kappa shape index (κ3) is 1.26. The smallest absolute Gasteiger partial charge is 0.0215 e. The summed E-state index contributed by atoms with van der Waals surface area (Å²) in [6.07, 6.45) is 5.37. The highest BCUT2D eigenvalue weighted by molar-refractivity contribution is 9.10. The van der Waals surface area contributed by atoms with Gasteiger partial charge in [0.15, 0.2) is 0 Å². The van der Waals surface area contributed by atoms with Crippen molar-refractivity contribution in [2.75, 3.05) is 0 Å². The number of rotatable bonds is 0. The monoisotopic (exact) mass is 298 g/mol. The van der Waals surface area contributed by atoms with Crippen molar-refractivity contribution in [1.29, 1.82) is 0 Å². The zero-order valence-corrected chi connectivity index (χ0v) is 11.8. The lowest BCUT2D eigenvalue weighted by Gasteiger charge is -2.26. The van der Waals surface area contributed by atoms with Crippen LogP contribution >= 0.6 is 15.9 Å². The molecule has 1 saturated carbocycles. The summed E-state index contributed by atoms with van der Waals surface area (Å²) < 4.78 is 1.19. The molecule has 0 amide bonds. The molecular formula is C17H15Br. The number of halogens is 1. The van der Waals surface area contributed by atoms with Crippen LogP contribution in [0.4, 0.5) is 0 Å². The number of hydrogen-bond donors (Lipinski definition) is 0. The molecule has 0 N–H and O–H groups in total. The van der Waals surface area contributed by atoms with Gasteiger partial charge in [-0.2, -0.15) is 0 Å². The van der Waals surface area contributed by atoms with Crippen LogP contribution in [0.1, 0.15) is 36.8 Å². The fourth-order valence-corrected chi connectivity index (χ4v) is 4.32. The molecule has 2 aliphatic carbocycles. The second kappa shape index (κ2) is 3.71. The Morgan fingerprint density at radius 2 is 1.56 bits per heavy atom. The van der Waals surface area contributed by atoms with Crippen molar-refractivity contribution < 1.29 is 0 Å². The molecule has 0 saturated heterocycles. The van der Waals surface area contributed by atoms with Crippen molar-refractivity contribution >= 4 is 15.9 Å². The normalized spacial score (nSPS) is 18.9. The molecule has 1 spiro atoms. The molecule has 0 bridgehead atoms. The van der Waals surface area contributed by atoms with E-state index in [-0.39, 0.29) is 0 Å². The average molecular weight is 299 g/mol. The first-order chi connectivity index (χ1) is 8.81. The van der Waals surface area contributed by atoms with Gasteiger partial charge in [-0.1, -0.05) is 59.1 Å². The Morgan fingerprint density at radius 1 is 0.833 bits per heavy atom. The number of hydrogen-bond acceptors (Lipinski definition) is 0. The van der Waals surface area contributed by atoms with Crippen molar-refractivity contribution in [2.45, 2.75) is 31.1 Å². The SMILES string of the molecule is Brc1ccc2c(c1)-c1ccccc1C21CCCC1. The van der Waals surface area contributed by atoms with Gasteiger partial charge in [-0.05, 0) is 47.2 Å². The Kier molecular flexibility index (Phi) is 2.23. The third-order valence-corrected chi connectivity index (χ3v) is 5.18. The van der Waals surface area contributed by atoms with Crippen molar-refractivity contribution in [3.63, 3.8) is 0 Å². The highest BCUT2D eigenvalue weighted by atomic mass is 79.9. The maximum atomic E-state index is 3.61. The van der Waals surface area contributed by atoms with Gasteiger partial charge < -0.3 is 0 Å². The van der Waals surface area contributed by atoms with Gasteiger partial charge in [0.1, 0.15) is 0 Å². The first-order valence-corrected chi connectivity index (χ1v) is 7.50. The van der Waals surface area contributed by atoms with Crippen molar-refractivity contribution in [2.24, 2.45) is 0 Å². The lowest BCUT2D eigenvalue weighted by molar-refractivity contribution is 0.550. The maximum absolute atomic E-state index is 3.61. The second-order valence-electron chi connectivity index (χ2n) is 5.52. The predicted octanol–water partition coefficient (Wildman–Crippen LogP) is 5.29. The highest BCUT2D eigenvalue weighted by Gasteiger charge is 2.44. The molecule has 2 aromatic rings. The highest BCUT2D eigenvalue weighted by Crippen LogP contribution is 2.56. The third-order valence-electron chi connectivity index (χ3n) is 4.69. The zero-order valence-electron chi connectivity index (χ0n) is 10.2. The van der Waals surface area contributed by atoms with E-state index in [9.17, 15) is 0 Å². The van der Waals surface area contributed by atoms with E-state index in [4.69, 9.17) is 0 Å². The molecule has 0 radical (unpaired) electrons. The summed E-state index contributed by atoms with van der Waals surface area (Å²) >= 11 is 3.61. The van der Waals surface area contributed by atoms with E-state index in [0.717, 1.165) is 0 Å². The fraction of sp³-hybridized carbons (Fsp3) is 0.294. The molecule has 1 fully saturated rings. The van der Waals surface area contributed by atoms with Crippen LogP contribution in [0.25, 0.3) is 11.1 Å². The Balaban J connectivity index is 2.08. The van der Waals surface area contributed by atoms with Crippen LogP contribution in [0.3, 0.4) is 0 Å². The molecule has 90 valence electrons. The first-order valence-electron chi connectivity index (χ1n) is 6.71. The van der Waals surface area contributed by atoms with Gasteiger partial charge >= 0.3 is 0 Å². The van der Waals surface area contributed by atoms with Crippen LogP contribution in [0.5, 0.6) is 0 Å². The Labute approximate surface area is 116 Å². The van der Waals surface area contributed by atoms with E-state index in [2.05, 4.69) is 58.4 Å². The molecule has 0 aromatic heterocycles. The van der Waals surface area contributed by atoms with Gasteiger partial charge in [-0.25, -0.2) is 0 Å². The minimum absolute atomic E-state index is 0.326. The van der Waals surface area contributed by atoms with Crippen molar-refractivity contribution in [3.05, 3.63) is 58.1 Å². The number of benzene rings is 2. The summed E-state index contributed by atoms with van der Waals surface area (Å²) in [7, 11) is 0. The second-order valence-corrected chi connectivity index (χ2v) is 6.44. The lowest BCUT2D eigenvalue weighted by Crippen LogP contribution is -2.20. The van der Waals surface area contributed by atoms with Gasteiger partial charge in [-0.15, -0.1) is 0 Å². The Bertz CT molecular complexity index is 621. The van der Waals surface area contributed by atoms with Crippen LogP contribution in [-0.4, -0.2) is 0 Å². The van der Waals surface area contributed by atoms with Crippen LogP contribution in [0.15, 0.2) is 46.9 Å². The van der Waals surface area contributed by atoms with E-state index in [1.165, 1.54) is 41.3 Å². The Morgan fingerprint density at radius 3 is 2.39 bits per heavy atom. The summed E-state index contributed by atoms with van der Waals surface area (Å²) in [6.45, 7) is 0. The van der Waals surface area contributed by atoms with Crippen molar-refractivity contribution in [3.8, 4) is 11.1 Å². The molecule has 1 heteroatoms. The quantitative estimate of drug-likeness (QED) is 0.620. The van der Waals surface area contributed by atoms with Crippen LogP contribution in [-0.2, 0) is 5.41 Å². The van der Waals surface area contributed by atoms with Gasteiger partial charge in [0.2, 0.25) is 0 Å². The first kappa shape index (κ1) is 10.8. The van der Waals surface area contributed by atoms with Crippen LogP contribution in [0.2, 0.25) is 0 Å². The van der Waals surface area contributed by atoms with E-state index < -0.39 is 0 Å². The molecule has 0 unspecified atom stereocenters. The summed E-state index contributed by atoms with van der Waals surface area (Å²) in [6, 6.07) is 15.8. The van der Waals surface area contributed by atoms with Gasteiger partial charge in [0.05, 0.1) is 0 Å². The molecular weight excluding hydrogens is 284 g/mol. The van der Waals surface area contributed by atoms with Gasteiger partial charge in [-0.3, -0.25) is 0 Å². The van der Waals surface area contributed by atoms with Crippen LogP contribution in [0, 0.1) is 0 Å². The summed E-state index contributed by atoms with van der Waals surface area (Å²) in [4.78, 5) is 0. The molecule has 2 aromatic carbocycles. The fourth-order valence-electron chi connectivity index (χ4n) is 3.95. The summed E-state index contributed by atoms with van der Waals surface area (Å²) in [5.41, 5.74) is 6.35. The topological polar surface area (TPSA) is 0 Å². The van der Waals surface area contributed by atoms with E-state index in [1.807, 2.05) is 0 Å². The average Bonchev–Trinajstić information content (AvgIpc) is 2.97. The largest absolute Gasteiger partial charge is 0.0619 e. The molecule has 4 rings (SSSR count). The molecule has 2 aliphatic rings. The van der Waals surface area contributed by atoms with E-state index in [1.54, 1.807) is 11.1 Å². The zero-order chi connectivity index (χ0) is 12.2. The van der Waals surface area contributed by atoms with E-state index in [0.29, 0.717) is 5.41 Å². The molecule has 0 heterocycles. The molecule has 18 heavy (non-hydrogen) atoms. The standard InChI is InChI=1S/C17H15Br/c18-12-7-8-16-14(11-12)13-5-1-2-6-15(13)17(16)9-3-4-10-17/h1-2,5-8,11H,3-4,9-10H2. The summed E-state index contributed by atoms with van der Waals surface area (Å²) in [5, 5.41) is 0. The molecule has 0 atom stereocenters. The van der Waals surface area contributed by atoms with Crippen LogP contribution < -0.4 is 0 Å². The van der Waals surface area contributed by atoms with Crippen molar-refractivity contribution in [1.82, 2.24) is 0 Å². The molecule has 0 aliphatic heterocycles. The molecule has 0 nitrogen and oxygen atoms in total.